The van der Waals surface area contributed by atoms with Gasteiger partial charge in [0.2, 0.25) is 0 Å². The van der Waals surface area contributed by atoms with Crippen LogP contribution in [0.3, 0.4) is 0 Å². The number of ether oxygens (including phenoxy) is 1. The number of nitrogens with one attached hydrogen (secondary N) is 1. The van der Waals surface area contributed by atoms with E-state index in [1.807, 2.05) is 0 Å². The summed E-state index contributed by atoms with van der Waals surface area (Å²) in [6.07, 6.45) is 0. The summed E-state index contributed by atoms with van der Waals surface area (Å²) in [5.74, 6) is 0. The van der Waals surface area contributed by atoms with Crippen molar-refractivity contribution in [3.8, 4) is 0 Å². The molecule has 0 aromatic carbocycles. The van der Waals surface area contributed by atoms with Crippen LogP contribution in [-0.4, -0.2) is 18.7 Å². The number of thioether (sulfide) groups is 1. The maximum absolute atomic E-state index is 5.58. The van der Waals surface area contributed by atoms with Gasteiger partial charge in [0.25, 0.3) is 0 Å². The summed E-state index contributed by atoms with van der Waals surface area (Å²) in [4.78, 5) is 1.28. The molecule has 2 aliphatic rings. The first kappa shape index (κ1) is 5.58. The zero-order valence-electron chi connectivity index (χ0n) is 4.89. The summed E-state index contributed by atoms with van der Waals surface area (Å²) in [6.45, 7) is 1.47. The maximum atomic E-state index is 5.58. The van der Waals surface area contributed by atoms with Crippen LogP contribution in [0.4, 0.5) is 0 Å². The standard InChI is InChI=1S/C5H8N2OS/c6-5-7-3-1-8-2-4(3)9-5/h5,7H,1-2,6H2. The second kappa shape index (κ2) is 1.90. The molecule has 2 rings (SSSR count). The molecule has 3 nitrogen and oxygen atoms in total. The van der Waals surface area contributed by atoms with Gasteiger partial charge in [0.15, 0.2) is 0 Å². The molecule has 3 N–H and O–H groups in total. The molecule has 4 heteroatoms. The van der Waals surface area contributed by atoms with Gasteiger partial charge in [-0.2, -0.15) is 0 Å². The Hall–Kier alpha value is -0.190. The molecule has 0 saturated heterocycles. The molecule has 0 aliphatic carbocycles. The van der Waals surface area contributed by atoms with Gasteiger partial charge in [0.05, 0.1) is 18.9 Å². The highest BCUT2D eigenvalue weighted by atomic mass is 32.2. The van der Waals surface area contributed by atoms with Crippen LogP contribution in [-0.2, 0) is 4.74 Å². The molecule has 0 aromatic heterocycles. The zero-order valence-corrected chi connectivity index (χ0v) is 5.70. The first-order valence-electron chi connectivity index (χ1n) is 2.85. The minimum atomic E-state index is 0.0684. The Morgan fingerprint density at radius 3 is 3.33 bits per heavy atom. The fraction of sp³-hybridized carbons (Fsp3) is 0.600. The lowest BCUT2D eigenvalue weighted by Crippen LogP contribution is -2.30. The minimum absolute atomic E-state index is 0.0684. The SMILES string of the molecule is NC1NC2=C(COC2)S1. The van der Waals surface area contributed by atoms with Crippen molar-refractivity contribution in [2.24, 2.45) is 5.73 Å². The second-order valence-corrected chi connectivity index (χ2v) is 3.31. The molecule has 0 spiro atoms. The third kappa shape index (κ3) is 0.831. The molecule has 0 bridgehead atoms. The Kier molecular flexibility index (Phi) is 1.18. The van der Waals surface area contributed by atoms with Crippen LogP contribution in [0.25, 0.3) is 0 Å². The summed E-state index contributed by atoms with van der Waals surface area (Å²) in [7, 11) is 0. The molecule has 0 amide bonds. The molecule has 0 aromatic rings. The van der Waals surface area contributed by atoms with E-state index in [9.17, 15) is 0 Å². The van der Waals surface area contributed by atoms with E-state index in [0.29, 0.717) is 0 Å². The van der Waals surface area contributed by atoms with Crippen molar-refractivity contribution in [2.75, 3.05) is 13.2 Å². The van der Waals surface area contributed by atoms with Crippen LogP contribution in [0.2, 0.25) is 0 Å². The minimum Gasteiger partial charge on any atom is -0.370 e. The zero-order chi connectivity index (χ0) is 6.27. The number of hydrogen-bond acceptors (Lipinski definition) is 4. The van der Waals surface area contributed by atoms with E-state index < -0.39 is 0 Å². The molecule has 1 atom stereocenters. The first-order chi connectivity index (χ1) is 4.36. The highest BCUT2D eigenvalue weighted by molar-refractivity contribution is 8.03. The lowest BCUT2D eigenvalue weighted by Gasteiger charge is -2.06. The van der Waals surface area contributed by atoms with E-state index in [4.69, 9.17) is 10.5 Å². The van der Waals surface area contributed by atoms with Gasteiger partial charge in [-0.05, 0) is 0 Å². The smallest absolute Gasteiger partial charge is 0.127 e. The van der Waals surface area contributed by atoms with Crippen molar-refractivity contribution in [2.45, 2.75) is 5.50 Å². The van der Waals surface area contributed by atoms with Crippen LogP contribution in [0, 0.1) is 0 Å². The fourth-order valence-electron chi connectivity index (χ4n) is 0.995. The molecule has 0 saturated carbocycles. The van der Waals surface area contributed by atoms with Crippen LogP contribution >= 0.6 is 11.8 Å². The van der Waals surface area contributed by atoms with Gasteiger partial charge in [0.1, 0.15) is 5.50 Å². The molecule has 0 radical (unpaired) electrons. The number of rotatable bonds is 0. The number of hydrogen-bond donors (Lipinski definition) is 2. The van der Waals surface area contributed by atoms with Crippen molar-refractivity contribution < 1.29 is 4.74 Å². The van der Waals surface area contributed by atoms with E-state index in [1.165, 1.54) is 10.6 Å². The second-order valence-electron chi connectivity index (χ2n) is 2.08. The molecule has 9 heavy (non-hydrogen) atoms. The third-order valence-corrected chi connectivity index (χ3v) is 2.42. The predicted octanol–water partition coefficient (Wildman–Crippen LogP) is -0.193. The number of nitrogens with two attached hydrogens (primary N) is 1. The Labute approximate surface area is 57.6 Å². The molecule has 1 unspecified atom stereocenters. The van der Waals surface area contributed by atoms with Gasteiger partial charge in [-0.1, -0.05) is 11.8 Å². The van der Waals surface area contributed by atoms with Crippen molar-refractivity contribution in [1.29, 1.82) is 0 Å². The average Bonchev–Trinajstić information content (AvgIpc) is 2.22. The largest absolute Gasteiger partial charge is 0.370 e. The Morgan fingerprint density at radius 1 is 1.67 bits per heavy atom. The van der Waals surface area contributed by atoms with Crippen molar-refractivity contribution >= 4 is 11.8 Å². The normalized spacial score (nSPS) is 32.8. The Balaban J connectivity index is 2.15. The molecule has 0 fully saturated rings. The molecular formula is C5H8N2OS. The van der Waals surface area contributed by atoms with Crippen LogP contribution in [0.1, 0.15) is 0 Å². The van der Waals surface area contributed by atoms with Crippen molar-refractivity contribution in [3.63, 3.8) is 0 Å². The lowest BCUT2D eigenvalue weighted by molar-refractivity contribution is 0.203. The van der Waals surface area contributed by atoms with E-state index >= 15 is 0 Å². The van der Waals surface area contributed by atoms with E-state index in [0.717, 1.165) is 13.2 Å². The molecular weight excluding hydrogens is 136 g/mol. The predicted molar refractivity (Wildman–Crippen MR) is 36.5 cm³/mol. The van der Waals surface area contributed by atoms with Crippen LogP contribution < -0.4 is 11.1 Å². The Morgan fingerprint density at radius 2 is 2.56 bits per heavy atom. The average molecular weight is 144 g/mol. The van der Waals surface area contributed by atoms with Gasteiger partial charge < -0.3 is 15.8 Å². The summed E-state index contributed by atoms with van der Waals surface area (Å²) in [5, 5.41) is 3.11. The van der Waals surface area contributed by atoms with Gasteiger partial charge >= 0.3 is 0 Å². The van der Waals surface area contributed by atoms with Gasteiger partial charge in [-0.25, -0.2) is 0 Å². The van der Waals surface area contributed by atoms with Gasteiger partial charge in [-0.3, -0.25) is 0 Å². The monoisotopic (exact) mass is 144 g/mol. The van der Waals surface area contributed by atoms with Gasteiger partial charge in [0, 0.05) is 4.91 Å². The van der Waals surface area contributed by atoms with E-state index in [2.05, 4.69) is 5.32 Å². The summed E-state index contributed by atoms with van der Waals surface area (Å²) < 4.78 is 5.15. The van der Waals surface area contributed by atoms with E-state index in [1.54, 1.807) is 11.8 Å². The highest BCUT2D eigenvalue weighted by Crippen LogP contribution is 2.31. The van der Waals surface area contributed by atoms with Crippen LogP contribution in [0.15, 0.2) is 10.6 Å². The maximum Gasteiger partial charge on any atom is 0.127 e. The van der Waals surface area contributed by atoms with Crippen molar-refractivity contribution in [3.05, 3.63) is 10.6 Å². The topological polar surface area (TPSA) is 47.3 Å². The summed E-state index contributed by atoms with van der Waals surface area (Å²) in [5.41, 5.74) is 6.84. The Bertz CT molecular complexity index is 152. The first-order valence-corrected chi connectivity index (χ1v) is 3.73. The lowest BCUT2D eigenvalue weighted by atomic mass is 10.5. The van der Waals surface area contributed by atoms with Crippen molar-refractivity contribution in [1.82, 2.24) is 5.32 Å². The highest BCUT2D eigenvalue weighted by Gasteiger charge is 2.25. The van der Waals surface area contributed by atoms with Crippen LogP contribution in [0.5, 0.6) is 0 Å². The van der Waals surface area contributed by atoms with Gasteiger partial charge in [-0.15, -0.1) is 0 Å². The third-order valence-electron chi connectivity index (χ3n) is 1.40. The quantitative estimate of drug-likeness (QED) is 0.494. The molecule has 50 valence electrons. The fourth-order valence-corrected chi connectivity index (χ4v) is 1.91. The molecule has 2 heterocycles. The van der Waals surface area contributed by atoms with E-state index in [-0.39, 0.29) is 5.50 Å². The summed E-state index contributed by atoms with van der Waals surface area (Å²) in [6, 6.07) is 0. The summed E-state index contributed by atoms with van der Waals surface area (Å²) >= 11 is 1.66. The molecule has 2 aliphatic heterocycles.